The van der Waals surface area contributed by atoms with Crippen LogP contribution in [-0.4, -0.2) is 60.4 Å². The second kappa shape index (κ2) is 13.6. The number of esters is 3. The average Bonchev–Trinajstić information content (AvgIpc) is 2.76. The van der Waals surface area contributed by atoms with Gasteiger partial charge in [-0.1, -0.05) is 48.0 Å². The fourth-order valence-electron chi connectivity index (χ4n) is 3.09. The molecule has 0 aliphatic carbocycles. The van der Waals surface area contributed by atoms with Gasteiger partial charge in [0.05, 0.1) is 23.7 Å². The van der Waals surface area contributed by atoms with Crippen LogP contribution in [0.15, 0.2) is 0 Å². The van der Waals surface area contributed by atoms with Gasteiger partial charge in [-0.25, -0.2) is 0 Å². The molecule has 0 bridgehead atoms. The van der Waals surface area contributed by atoms with Crippen LogP contribution in [0.3, 0.4) is 0 Å². The first-order valence-corrected chi connectivity index (χ1v) is 12.8. The zero-order valence-corrected chi connectivity index (χ0v) is 23.1. The molecule has 0 rings (SSSR count). The van der Waals surface area contributed by atoms with Crippen LogP contribution >= 0.6 is 11.8 Å². The first kappa shape index (κ1) is 31.7. The van der Waals surface area contributed by atoms with Crippen LogP contribution in [0.25, 0.3) is 0 Å². The van der Waals surface area contributed by atoms with E-state index in [2.05, 4.69) is 0 Å². The monoisotopic (exact) mass is 490 g/mol. The van der Waals surface area contributed by atoms with Crippen LogP contribution < -0.4 is 0 Å². The minimum absolute atomic E-state index is 0.0844. The fraction of sp³-hybridized carbons (Fsp3) is 0.880. The summed E-state index contributed by atoms with van der Waals surface area (Å²) in [5, 5.41) is 10.1. The van der Waals surface area contributed by atoms with E-state index < -0.39 is 28.9 Å². The molecule has 0 amide bonds. The zero-order valence-electron chi connectivity index (χ0n) is 22.3. The van der Waals surface area contributed by atoms with Gasteiger partial charge in [-0.3, -0.25) is 14.4 Å². The van der Waals surface area contributed by atoms with Gasteiger partial charge in [-0.15, -0.1) is 11.8 Å². The molecule has 0 aromatic rings. The number of aliphatic hydroxyl groups excluding tert-OH is 1. The molecular weight excluding hydrogens is 444 g/mol. The molecule has 0 aliphatic rings. The normalized spacial score (nSPS) is 16.8. The first-order valence-electron chi connectivity index (χ1n) is 11.8. The molecular formula is C25H46O7S. The predicted octanol–water partition coefficient (Wildman–Crippen LogP) is 4.63. The van der Waals surface area contributed by atoms with E-state index in [9.17, 15) is 19.5 Å². The highest BCUT2D eigenvalue weighted by molar-refractivity contribution is 8.00. The van der Waals surface area contributed by atoms with Gasteiger partial charge in [0, 0.05) is 5.25 Å². The van der Waals surface area contributed by atoms with Gasteiger partial charge in [0.2, 0.25) is 0 Å². The van der Waals surface area contributed by atoms with Crippen molar-refractivity contribution in [3.8, 4) is 0 Å². The lowest BCUT2D eigenvalue weighted by molar-refractivity contribution is -0.165. The molecule has 0 saturated heterocycles. The van der Waals surface area contributed by atoms with E-state index in [4.69, 9.17) is 14.2 Å². The Morgan fingerprint density at radius 2 is 1.45 bits per heavy atom. The van der Waals surface area contributed by atoms with Crippen LogP contribution in [-0.2, 0) is 28.6 Å². The third-order valence-electron chi connectivity index (χ3n) is 7.12. The Kier molecular flexibility index (Phi) is 13.0. The van der Waals surface area contributed by atoms with Gasteiger partial charge in [-0.05, 0) is 44.9 Å². The van der Waals surface area contributed by atoms with Crippen molar-refractivity contribution in [1.82, 2.24) is 0 Å². The predicted molar refractivity (Wildman–Crippen MR) is 132 cm³/mol. The molecule has 0 spiro atoms. The number of carbonyl (C=O) groups is 3. The molecule has 0 radical (unpaired) electrons. The number of hydrogen-bond acceptors (Lipinski definition) is 8. The Hall–Kier alpha value is -1.28. The standard InChI is InChI=1S/C25H46O7S/c1-11-17(3)25(9,22(29)30-10)13-19(12-2)33-16-20(27)31-14-18(26)15-32-21(28)24(7,8)23(4,5)6/h17-19,26H,11-16H2,1-10H3. The molecule has 194 valence electrons. The zero-order chi connectivity index (χ0) is 26.0. The molecule has 0 aromatic heterocycles. The molecule has 0 saturated carbocycles. The number of carbonyl (C=O) groups excluding carboxylic acids is 3. The molecule has 0 aromatic carbocycles. The topological polar surface area (TPSA) is 99.1 Å². The van der Waals surface area contributed by atoms with Crippen molar-refractivity contribution < 1.29 is 33.7 Å². The Morgan fingerprint density at radius 1 is 0.909 bits per heavy atom. The molecule has 33 heavy (non-hydrogen) atoms. The molecule has 7 nitrogen and oxygen atoms in total. The van der Waals surface area contributed by atoms with Gasteiger partial charge < -0.3 is 19.3 Å². The lowest BCUT2D eigenvalue weighted by Crippen LogP contribution is -2.40. The Morgan fingerprint density at radius 3 is 1.91 bits per heavy atom. The van der Waals surface area contributed by atoms with Crippen molar-refractivity contribution in [2.45, 2.75) is 92.9 Å². The van der Waals surface area contributed by atoms with Crippen molar-refractivity contribution in [1.29, 1.82) is 0 Å². The summed E-state index contributed by atoms with van der Waals surface area (Å²) in [5.41, 5.74) is -1.64. The van der Waals surface area contributed by atoms with Gasteiger partial charge >= 0.3 is 17.9 Å². The number of rotatable bonds is 14. The van der Waals surface area contributed by atoms with E-state index in [0.29, 0.717) is 6.42 Å². The summed E-state index contributed by atoms with van der Waals surface area (Å²) in [6.07, 6.45) is 1.16. The number of aliphatic hydroxyl groups is 1. The Labute approximate surface area is 204 Å². The average molecular weight is 491 g/mol. The van der Waals surface area contributed by atoms with E-state index in [0.717, 1.165) is 12.8 Å². The van der Waals surface area contributed by atoms with Crippen LogP contribution in [0, 0.1) is 22.2 Å². The highest BCUT2D eigenvalue weighted by atomic mass is 32.2. The lowest BCUT2D eigenvalue weighted by Gasteiger charge is -2.36. The summed E-state index contributed by atoms with van der Waals surface area (Å²) < 4.78 is 15.4. The number of thioether (sulfide) groups is 1. The quantitative estimate of drug-likeness (QED) is 0.278. The number of ether oxygens (including phenoxy) is 3. The third-order valence-corrected chi connectivity index (χ3v) is 8.50. The van der Waals surface area contributed by atoms with Gasteiger partial charge in [0.1, 0.15) is 19.3 Å². The van der Waals surface area contributed by atoms with E-state index in [-0.39, 0.29) is 41.5 Å². The highest BCUT2D eigenvalue weighted by Gasteiger charge is 2.42. The highest BCUT2D eigenvalue weighted by Crippen LogP contribution is 2.40. The summed E-state index contributed by atoms with van der Waals surface area (Å²) in [5.74, 6) is -0.836. The number of methoxy groups -OCH3 is 1. The SMILES string of the molecule is CCC(CC(C)(C(=O)OC)C(C)CC)SCC(=O)OCC(O)COC(=O)C(C)(C)C(C)(C)C. The van der Waals surface area contributed by atoms with Crippen LogP contribution in [0.2, 0.25) is 0 Å². The molecule has 4 atom stereocenters. The van der Waals surface area contributed by atoms with Crippen molar-refractivity contribution in [3.05, 3.63) is 0 Å². The maximum Gasteiger partial charge on any atom is 0.315 e. The first-order chi connectivity index (χ1) is 15.1. The lowest BCUT2D eigenvalue weighted by atomic mass is 9.69. The molecule has 4 unspecified atom stereocenters. The van der Waals surface area contributed by atoms with Crippen molar-refractivity contribution in [3.63, 3.8) is 0 Å². The van der Waals surface area contributed by atoms with Crippen molar-refractivity contribution in [2.75, 3.05) is 26.1 Å². The largest absolute Gasteiger partial charge is 0.469 e. The fourth-order valence-corrected chi connectivity index (χ4v) is 4.24. The molecule has 0 fully saturated rings. The maximum atomic E-state index is 12.4. The maximum absolute atomic E-state index is 12.4. The molecule has 0 heterocycles. The van der Waals surface area contributed by atoms with Gasteiger partial charge in [0.25, 0.3) is 0 Å². The van der Waals surface area contributed by atoms with E-state index in [1.807, 2.05) is 48.5 Å². The molecule has 8 heteroatoms. The molecule has 0 aliphatic heterocycles. The van der Waals surface area contributed by atoms with Gasteiger partial charge in [0.15, 0.2) is 0 Å². The van der Waals surface area contributed by atoms with Crippen LogP contribution in [0.1, 0.15) is 81.6 Å². The van der Waals surface area contributed by atoms with E-state index in [1.165, 1.54) is 18.9 Å². The smallest absolute Gasteiger partial charge is 0.315 e. The summed E-state index contributed by atoms with van der Waals surface area (Å²) in [6.45, 7) is 17.0. The second-order valence-corrected chi connectivity index (χ2v) is 11.9. The summed E-state index contributed by atoms with van der Waals surface area (Å²) in [7, 11) is 1.40. The van der Waals surface area contributed by atoms with Crippen molar-refractivity contribution in [2.24, 2.45) is 22.2 Å². The minimum atomic E-state index is -1.09. The minimum Gasteiger partial charge on any atom is -0.469 e. The summed E-state index contributed by atoms with van der Waals surface area (Å²) in [6, 6.07) is 0. The van der Waals surface area contributed by atoms with Crippen LogP contribution in [0.4, 0.5) is 0 Å². The number of hydrogen-bond donors (Lipinski definition) is 1. The van der Waals surface area contributed by atoms with Crippen LogP contribution in [0.5, 0.6) is 0 Å². The Bertz CT molecular complexity index is 641. The molecule has 1 N–H and O–H groups in total. The summed E-state index contributed by atoms with van der Waals surface area (Å²) in [4.78, 5) is 37.0. The second-order valence-electron chi connectivity index (χ2n) is 10.6. The third kappa shape index (κ3) is 9.47. The Balaban J connectivity index is 4.64. The van der Waals surface area contributed by atoms with Crippen molar-refractivity contribution >= 4 is 29.7 Å². The van der Waals surface area contributed by atoms with E-state index >= 15 is 0 Å². The van der Waals surface area contributed by atoms with E-state index in [1.54, 1.807) is 13.8 Å². The van der Waals surface area contributed by atoms with Gasteiger partial charge in [-0.2, -0.15) is 0 Å². The summed E-state index contributed by atoms with van der Waals surface area (Å²) >= 11 is 1.44.